The predicted molar refractivity (Wildman–Crippen MR) is 109 cm³/mol. The molecule has 0 saturated carbocycles. The molecule has 5 nitrogen and oxygen atoms in total. The monoisotopic (exact) mass is 399 g/mol. The van der Waals surface area contributed by atoms with E-state index in [1.807, 2.05) is 13.0 Å². The Labute approximate surface area is 167 Å². The van der Waals surface area contributed by atoms with Gasteiger partial charge in [-0.1, -0.05) is 30.3 Å². The molecule has 1 aliphatic rings. The van der Waals surface area contributed by atoms with Gasteiger partial charge in [-0.3, -0.25) is 9.00 Å². The zero-order valence-corrected chi connectivity index (χ0v) is 17.0. The molecule has 0 radical (unpaired) electrons. The minimum atomic E-state index is -1.31. The maximum absolute atomic E-state index is 12.3. The number of aryl methyl sites for hydroxylation is 2. The number of esters is 1. The van der Waals surface area contributed by atoms with Gasteiger partial charge in [-0.2, -0.15) is 0 Å². The lowest BCUT2D eigenvalue weighted by molar-refractivity contribution is -0.124. The topological polar surface area (TPSA) is 72.5 Å². The highest BCUT2D eigenvalue weighted by Gasteiger charge is 2.18. The molecule has 0 bridgehead atoms. The molecule has 1 aliphatic carbocycles. The molecule has 6 heteroatoms. The summed E-state index contributed by atoms with van der Waals surface area (Å²) < 4.78 is 16.9. The Hall–Kier alpha value is -2.47. The first kappa shape index (κ1) is 20.3. The van der Waals surface area contributed by atoms with E-state index in [2.05, 4.69) is 17.4 Å². The third-order valence-corrected chi connectivity index (χ3v) is 5.98. The van der Waals surface area contributed by atoms with Gasteiger partial charge >= 0.3 is 5.97 Å². The van der Waals surface area contributed by atoms with Crippen molar-refractivity contribution < 1.29 is 18.5 Å². The quantitative estimate of drug-likeness (QED) is 0.756. The van der Waals surface area contributed by atoms with E-state index >= 15 is 0 Å². The van der Waals surface area contributed by atoms with Crippen LogP contribution in [0.1, 0.15) is 52.9 Å². The molecule has 2 aromatic rings. The second kappa shape index (κ2) is 9.15. The van der Waals surface area contributed by atoms with Crippen LogP contribution < -0.4 is 5.32 Å². The molecule has 0 aromatic heterocycles. The molecule has 148 valence electrons. The fourth-order valence-electron chi connectivity index (χ4n) is 3.48. The Kier molecular flexibility index (Phi) is 6.62. The molecular formula is C22H25NO4S. The number of benzene rings is 2. The van der Waals surface area contributed by atoms with Gasteiger partial charge < -0.3 is 10.1 Å². The van der Waals surface area contributed by atoms with Gasteiger partial charge in [0, 0.05) is 6.26 Å². The van der Waals surface area contributed by atoms with Crippen LogP contribution in [0, 0.1) is 0 Å². The molecule has 0 spiro atoms. The lowest BCUT2D eigenvalue weighted by Crippen LogP contribution is -2.31. The molecule has 0 heterocycles. The second-order valence-corrected chi connectivity index (χ2v) is 8.40. The number of carbonyl (C=O) groups is 2. The predicted octanol–water partition coefficient (Wildman–Crippen LogP) is 3.34. The average Bonchev–Trinajstić information content (AvgIpc) is 2.71. The zero-order valence-electron chi connectivity index (χ0n) is 16.2. The molecule has 0 aliphatic heterocycles. The number of amides is 1. The van der Waals surface area contributed by atoms with Gasteiger partial charge in [0.05, 0.1) is 27.3 Å². The number of carbonyl (C=O) groups excluding carboxylic acids is 2. The Morgan fingerprint density at radius 1 is 1.11 bits per heavy atom. The average molecular weight is 400 g/mol. The summed E-state index contributed by atoms with van der Waals surface area (Å²) in [7, 11) is -1.31. The van der Waals surface area contributed by atoms with Gasteiger partial charge in [-0.15, -0.1) is 0 Å². The van der Waals surface area contributed by atoms with Gasteiger partial charge in [0.1, 0.15) is 0 Å². The van der Waals surface area contributed by atoms with Crippen molar-refractivity contribution >= 4 is 22.7 Å². The van der Waals surface area contributed by atoms with E-state index in [9.17, 15) is 13.8 Å². The van der Waals surface area contributed by atoms with Crippen LogP contribution >= 0.6 is 0 Å². The van der Waals surface area contributed by atoms with Crippen LogP contribution in [0.4, 0.5) is 0 Å². The normalized spacial score (nSPS) is 15.2. The van der Waals surface area contributed by atoms with E-state index in [0.717, 1.165) is 18.4 Å². The number of hydrogen-bond donors (Lipinski definition) is 1. The summed E-state index contributed by atoms with van der Waals surface area (Å²) in [4.78, 5) is 24.9. The SMILES string of the molecule is C[C@H](NC(=O)COC(=O)c1ccccc1[S@](C)=O)c1ccc2c(c1)CCCC2. The first-order chi connectivity index (χ1) is 13.5. The van der Waals surface area contributed by atoms with E-state index in [1.54, 1.807) is 24.3 Å². The first-order valence-corrected chi connectivity index (χ1v) is 11.0. The molecule has 28 heavy (non-hydrogen) atoms. The van der Waals surface area contributed by atoms with Gasteiger partial charge in [0.25, 0.3) is 5.91 Å². The maximum atomic E-state index is 12.3. The molecule has 3 rings (SSSR count). The van der Waals surface area contributed by atoms with Crippen molar-refractivity contribution in [1.29, 1.82) is 0 Å². The molecule has 0 fully saturated rings. The highest BCUT2D eigenvalue weighted by molar-refractivity contribution is 7.84. The molecule has 2 aromatic carbocycles. The maximum Gasteiger partial charge on any atom is 0.339 e. The highest BCUT2D eigenvalue weighted by Crippen LogP contribution is 2.24. The minimum Gasteiger partial charge on any atom is -0.452 e. The Morgan fingerprint density at radius 3 is 2.57 bits per heavy atom. The summed E-state index contributed by atoms with van der Waals surface area (Å²) in [6, 6.07) is 12.7. The minimum absolute atomic E-state index is 0.172. The van der Waals surface area contributed by atoms with E-state index < -0.39 is 16.8 Å². The Bertz CT molecular complexity index is 909. The lowest BCUT2D eigenvalue weighted by Gasteiger charge is -2.20. The second-order valence-electron chi connectivity index (χ2n) is 7.05. The van der Waals surface area contributed by atoms with Gasteiger partial charge in [-0.05, 0) is 61.4 Å². The van der Waals surface area contributed by atoms with Crippen LogP contribution in [0.5, 0.6) is 0 Å². The summed E-state index contributed by atoms with van der Waals surface area (Å²) in [5.41, 5.74) is 4.03. The van der Waals surface area contributed by atoms with Gasteiger partial charge in [-0.25, -0.2) is 4.79 Å². The molecule has 0 saturated heterocycles. The fraction of sp³-hybridized carbons (Fsp3) is 0.364. The summed E-state index contributed by atoms with van der Waals surface area (Å²) in [6.45, 7) is 1.54. The lowest BCUT2D eigenvalue weighted by atomic mass is 9.89. The molecule has 0 unspecified atom stereocenters. The number of rotatable bonds is 6. The molecule has 2 atom stereocenters. The van der Waals surface area contributed by atoms with E-state index in [-0.39, 0.29) is 24.1 Å². The molecule has 1 N–H and O–H groups in total. The van der Waals surface area contributed by atoms with Crippen molar-refractivity contribution in [2.75, 3.05) is 12.9 Å². The van der Waals surface area contributed by atoms with Gasteiger partial charge in [0.2, 0.25) is 0 Å². The summed E-state index contributed by atoms with van der Waals surface area (Å²) in [5, 5.41) is 2.87. The van der Waals surface area contributed by atoms with Crippen molar-refractivity contribution in [3.8, 4) is 0 Å². The number of fused-ring (bicyclic) bond motifs is 1. The van der Waals surface area contributed by atoms with Gasteiger partial charge in [0.15, 0.2) is 6.61 Å². The molecule has 1 amide bonds. The summed E-state index contributed by atoms with van der Waals surface area (Å²) in [6.07, 6.45) is 6.14. The van der Waals surface area contributed by atoms with Crippen LogP contribution in [0.15, 0.2) is 47.4 Å². The Balaban J connectivity index is 1.57. The number of ether oxygens (including phenoxy) is 1. The van der Waals surface area contributed by atoms with Crippen LogP contribution in [-0.2, 0) is 33.2 Å². The van der Waals surface area contributed by atoms with E-state index in [0.29, 0.717) is 4.90 Å². The summed E-state index contributed by atoms with van der Waals surface area (Å²) >= 11 is 0. The first-order valence-electron chi connectivity index (χ1n) is 9.46. The standard InChI is InChI=1S/C22H25NO4S/c1-15(17-12-11-16-7-3-4-8-18(16)13-17)23-21(24)14-27-22(25)19-9-5-6-10-20(19)28(2)26/h5-6,9-13,15H,3-4,7-8,14H2,1-2H3,(H,23,24)/t15-,28-/m0/s1. The van der Waals surface area contributed by atoms with Crippen molar-refractivity contribution in [3.05, 3.63) is 64.7 Å². The van der Waals surface area contributed by atoms with E-state index in [1.165, 1.54) is 30.2 Å². The smallest absolute Gasteiger partial charge is 0.339 e. The van der Waals surface area contributed by atoms with Crippen molar-refractivity contribution in [3.63, 3.8) is 0 Å². The van der Waals surface area contributed by atoms with Crippen LogP contribution in [-0.4, -0.2) is 28.9 Å². The number of nitrogens with one attached hydrogen (secondary N) is 1. The van der Waals surface area contributed by atoms with Crippen LogP contribution in [0.25, 0.3) is 0 Å². The zero-order chi connectivity index (χ0) is 20.1. The van der Waals surface area contributed by atoms with Crippen molar-refractivity contribution in [2.45, 2.75) is 43.5 Å². The molecular weight excluding hydrogens is 374 g/mol. The fourth-order valence-corrected chi connectivity index (χ4v) is 4.22. The van der Waals surface area contributed by atoms with Crippen LogP contribution in [0.3, 0.4) is 0 Å². The largest absolute Gasteiger partial charge is 0.452 e. The van der Waals surface area contributed by atoms with E-state index in [4.69, 9.17) is 4.74 Å². The number of hydrogen-bond acceptors (Lipinski definition) is 4. The Morgan fingerprint density at radius 2 is 1.82 bits per heavy atom. The third-order valence-electron chi connectivity index (χ3n) is 5.00. The van der Waals surface area contributed by atoms with Crippen molar-refractivity contribution in [2.24, 2.45) is 0 Å². The van der Waals surface area contributed by atoms with Crippen molar-refractivity contribution in [1.82, 2.24) is 5.32 Å². The highest BCUT2D eigenvalue weighted by atomic mass is 32.2. The third kappa shape index (κ3) is 4.87. The summed E-state index contributed by atoms with van der Waals surface area (Å²) in [5.74, 6) is -1.02. The van der Waals surface area contributed by atoms with Crippen LogP contribution in [0.2, 0.25) is 0 Å².